The van der Waals surface area contributed by atoms with Gasteiger partial charge in [0, 0.05) is 19.4 Å². The summed E-state index contributed by atoms with van der Waals surface area (Å²) in [4.78, 5) is 13.6. The molecule has 0 aliphatic carbocycles. The van der Waals surface area contributed by atoms with Crippen LogP contribution in [0.15, 0.2) is 18.7 Å². The van der Waals surface area contributed by atoms with Crippen molar-refractivity contribution in [3.05, 3.63) is 18.7 Å². The number of hydrogen-bond acceptors (Lipinski definition) is 4. The van der Waals surface area contributed by atoms with Crippen molar-refractivity contribution < 1.29 is 15.0 Å². The Kier molecular flexibility index (Phi) is 5.50. The fraction of sp³-hybridized carbons (Fsp3) is 0.500. The third kappa shape index (κ3) is 5.28. The van der Waals surface area contributed by atoms with Gasteiger partial charge in [0.2, 0.25) is 0 Å². The highest BCUT2D eigenvalue weighted by Gasteiger charge is 2.16. The van der Waals surface area contributed by atoms with E-state index in [4.69, 9.17) is 15.9 Å². The number of carboxylic acids is 1. The smallest absolute Gasteiger partial charge is 0.323 e. The predicted molar refractivity (Wildman–Crippen MR) is 50.5 cm³/mol. The zero-order valence-electron chi connectivity index (χ0n) is 8.16. The van der Waals surface area contributed by atoms with E-state index in [0.717, 1.165) is 0 Å². The summed E-state index contributed by atoms with van der Waals surface area (Å²) in [5, 5.41) is 16.6. The molecule has 6 nitrogen and oxygen atoms in total. The average Bonchev–Trinajstić information content (AvgIpc) is 2.55. The van der Waals surface area contributed by atoms with Crippen LogP contribution in [0.1, 0.15) is 6.92 Å². The van der Waals surface area contributed by atoms with Gasteiger partial charge in [0.05, 0.1) is 12.4 Å². The Balaban J connectivity index is 0.000000249. The molecule has 1 aromatic rings. The third-order valence-corrected chi connectivity index (χ3v) is 1.44. The number of nitrogens with zero attached hydrogens (tertiary/aromatic N) is 2. The van der Waals surface area contributed by atoms with Gasteiger partial charge in [-0.25, -0.2) is 4.98 Å². The molecule has 4 N–H and O–H groups in total. The molecule has 80 valence electrons. The monoisotopic (exact) mass is 201 g/mol. The summed E-state index contributed by atoms with van der Waals surface area (Å²) in [6.45, 7) is 1.33. The summed E-state index contributed by atoms with van der Waals surface area (Å²) >= 11 is 0. The molecule has 1 aromatic heterocycles. The van der Waals surface area contributed by atoms with E-state index in [1.165, 1.54) is 6.92 Å². The van der Waals surface area contributed by atoms with Crippen LogP contribution < -0.4 is 5.73 Å². The first-order valence-corrected chi connectivity index (χ1v) is 4.03. The Morgan fingerprint density at radius 3 is 2.29 bits per heavy atom. The molecule has 14 heavy (non-hydrogen) atoms. The molecule has 2 atom stereocenters. The van der Waals surface area contributed by atoms with E-state index in [9.17, 15) is 4.79 Å². The van der Waals surface area contributed by atoms with Gasteiger partial charge in [-0.05, 0) is 6.92 Å². The SMILES string of the molecule is CC(O)C(N)C(=O)O.Cn1ccnc1. The molecule has 0 aliphatic rings. The predicted octanol–water partition coefficient (Wildman–Crippen LogP) is -0.801. The van der Waals surface area contributed by atoms with Crippen molar-refractivity contribution in [2.24, 2.45) is 12.8 Å². The number of aromatic nitrogens is 2. The minimum Gasteiger partial charge on any atom is -0.480 e. The number of nitrogens with two attached hydrogens (primary N) is 1. The van der Waals surface area contributed by atoms with Gasteiger partial charge < -0.3 is 20.5 Å². The van der Waals surface area contributed by atoms with Crippen molar-refractivity contribution >= 4 is 5.97 Å². The van der Waals surface area contributed by atoms with Crippen LogP contribution in [0.4, 0.5) is 0 Å². The van der Waals surface area contributed by atoms with Gasteiger partial charge in [0.15, 0.2) is 0 Å². The first-order chi connectivity index (χ1) is 6.45. The van der Waals surface area contributed by atoms with Crippen molar-refractivity contribution in [3.8, 4) is 0 Å². The van der Waals surface area contributed by atoms with Gasteiger partial charge in [0.25, 0.3) is 0 Å². The molecule has 0 radical (unpaired) electrons. The normalized spacial score (nSPS) is 13.7. The fourth-order valence-corrected chi connectivity index (χ4v) is 0.532. The van der Waals surface area contributed by atoms with Crippen LogP contribution >= 0.6 is 0 Å². The number of carbonyl (C=O) groups is 1. The number of aliphatic hydroxyl groups excluding tert-OH is 1. The summed E-state index contributed by atoms with van der Waals surface area (Å²) in [6, 6.07) is -1.16. The second-order valence-corrected chi connectivity index (χ2v) is 2.83. The summed E-state index contributed by atoms with van der Waals surface area (Å²) in [7, 11) is 1.94. The standard InChI is InChI=1S/C4H6N2.C4H9NO3/c1-6-3-2-5-4-6;1-2(6)3(5)4(7)8/h2-4H,1H3;2-3,6H,5H2,1H3,(H,7,8). The summed E-state index contributed by atoms with van der Waals surface area (Å²) in [5.74, 6) is -1.18. The summed E-state index contributed by atoms with van der Waals surface area (Å²) in [5.41, 5.74) is 4.91. The maximum Gasteiger partial charge on any atom is 0.323 e. The molecular weight excluding hydrogens is 186 g/mol. The van der Waals surface area contributed by atoms with E-state index in [1.54, 1.807) is 12.5 Å². The Morgan fingerprint density at radius 1 is 1.64 bits per heavy atom. The highest BCUT2D eigenvalue weighted by molar-refractivity contribution is 5.73. The second kappa shape index (κ2) is 6.11. The molecule has 0 aliphatic heterocycles. The Labute approximate surface area is 82.0 Å². The number of hydrogen-bond donors (Lipinski definition) is 3. The summed E-state index contributed by atoms with van der Waals surface area (Å²) < 4.78 is 1.89. The third-order valence-electron chi connectivity index (χ3n) is 1.44. The molecule has 0 amide bonds. The number of aliphatic hydroxyl groups is 1. The minimum absolute atomic E-state index is 0.979. The lowest BCUT2D eigenvalue weighted by molar-refractivity contribution is -0.140. The maximum absolute atomic E-state index is 9.86. The van der Waals surface area contributed by atoms with Crippen molar-refractivity contribution in [1.82, 2.24) is 9.55 Å². The zero-order chi connectivity index (χ0) is 11.1. The molecule has 0 spiro atoms. The van der Waals surface area contributed by atoms with Crippen LogP contribution in [0.3, 0.4) is 0 Å². The quantitative estimate of drug-likeness (QED) is 0.581. The van der Waals surface area contributed by atoms with Gasteiger partial charge >= 0.3 is 5.97 Å². The van der Waals surface area contributed by atoms with Crippen LogP contribution in [0.25, 0.3) is 0 Å². The molecule has 6 heteroatoms. The highest BCUT2D eigenvalue weighted by atomic mass is 16.4. The van der Waals surface area contributed by atoms with Crippen LogP contribution in [0, 0.1) is 0 Å². The van der Waals surface area contributed by atoms with Crippen molar-refractivity contribution in [2.75, 3.05) is 0 Å². The molecule has 1 heterocycles. The van der Waals surface area contributed by atoms with Crippen molar-refractivity contribution in [1.29, 1.82) is 0 Å². The Bertz CT molecular complexity index is 259. The topological polar surface area (TPSA) is 101 Å². The molecule has 1 rings (SSSR count). The molecule has 0 saturated heterocycles. The number of aliphatic carboxylic acids is 1. The number of carboxylic acid groups (broad SMARTS) is 1. The van der Waals surface area contributed by atoms with Crippen molar-refractivity contribution in [2.45, 2.75) is 19.1 Å². The van der Waals surface area contributed by atoms with Crippen LogP contribution in [0.2, 0.25) is 0 Å². The number of aryl methyl sites for hydroxylation is 1. The number of imidazole rings is 1. The Morgan fingerprint density at radius 2 is 2.21 bits per heavy atom. The molecular formula is C8H15N3O3. The first-order valence-electron chi connectivity index (χ1n) is 4.03. The van der Waals surface area contributed by atoms with Crippen molar-refractivity contribution in [3.63, 3.8) is 0 Å². The highest BCUT2D eigenvalue weighted by Crippen LogP contribution is 1.85. The van der Waals surface area contributed by atoms with Crippen LogP contribution in [0.5, 0.6) is 0 Å². The lowest BCUT2D eigenvalue weighted by Gasteiger charge is -2.06. The average molecular weight is 201 g/mol. The lowest BCUT2D eigenvalue weighted by Crippen LogP contribution is -2.39. The van der Waals surface area contributed by atoms with E-state index >= 15 is 0 Å². The largest absolute Gasteiger partial charge is 0.480 e. The van der Waals surface area contributed by atoms with E-state index in [0.29, 0.717) is 0 Å². The van der Waals surface area contributed by atoms with E-state index in [1.807, 2.05) is 17.8 Å². The van der Waals surface area contributed by atoms with Gasteiger partial charge in [0.1, 0.15) is 6.04 Å². The van der Waals surface area contributed by atoms with Gasteiger partial charge in [-0.2, -0.15) is 0 Å². The second-order valence-electron chi connectivity index (χ2n) is 2.83. The molecule has 0 saturated carbocycles. The zero-order valence-corrected chi connectivity index (χ0v) is 8.16. The molecule has 2 unspecified atom stereocenters. The minimum atomic E-state index is -1.18. The van der Waals surface area contributed by atoms with Crippen LogP contribution in [-0.2, 0) is 11.8 Å². The van der Waals surface area contributed by atoms with Gasteiger partial charge in [-0.15, -0.1) is 0 Å². The van der Waals surface area contributed by atoms with Crippen LogP contribution in [-0.4, -0.2) is 37.9 Å². The fourth-order valence-electron chi connectivity index (χ4n) is 0.532. The molecule has 0 bridgehead atoms. The van der Waals surface area contributed by atoms with Gasteiger partial charge in [-0.1, -0.05) is 0 Å². The first kappa shape index (κ1) is 12.6. The summed E-state index contributed by atoms with van der Waals surface area (Å²) in [6.07, 6.45) is 4.41. The lowest BCUT2D eigenvalue weighted by atomic mass is 10.2. The van der Waals surface area contributed by atoms with E-state index in [2.05, 4.69) is 4.98 Å². The van der Waals surface area contributed by atoms with E-state index in [-0.39, 0.29) is 0 Å². The van der Waals surface area contributed by atoms with E-state index < -0.39 is 18.1 Å². The molecule has 0 aromatic carbocycles. The van der Waals surface area contributed by atoms with Gasteiger partial charge in [-0.3, -0.25) is 4.79 Å². The molecule has 0 fully saturated rings. The number of rotatable bonds is 2. The maximum atomic E-state index is 9.86. The Hall–Kier alpha value is -1.40.